The summed E-state index contributed by atoms with van der Waals surface area (Å²) < 4.78 is 18.8. The molecule has 0 bridgehead atoms. The summed E-state index contributed by atoms with van der Waals surface area (Å²) in [5, 5.41) is 5.08. The van der Waals surface area contributed by atoms with Gasteiger partial charge in [-0.15, -0.1) is 0 Å². The molecule has 2 amide bonds. The van der Waals surface area contributed by atoms with Gasteiger partial charge in [0.25, 0.3) is 11.8 Å². The third-order valence-electron chi connectivity index (χ3n) is 3.68. The van der Waals surface area contributed by atoms with E-state index in [9.17, 15) is 14.0 Å². The van der Waals surface area contributed by atoms with E-state index in [0.29, 0.717) is 5.76 Å². The number of nitrogens with one attached hydrogen (secondary N) is 2. The van der Waals surface area contributed by atoms with Gasteiger partial charge in [0.1, 0.15) is 11.6 Å². The maximum absolute atomic E-state index is 13.7. The number of halogens is 3. The minimum atomic E-state index is -0.768. The normalized spacial score (nSPS) is 10.5. The zero-order valence-corrected chi connectivity index (χ0v) is 15.3. The average Bonchev–Trinajstić information content (AvgIpc) is 3.16. The van der Waals surface area contributed by atoms with Crippen molar-refractivity contribution in [2.45, 2.75) is 6.54 Å². The molecule has 3 rings (SSSR count). The number of hydrogen-bond donors (Lipinski definition) is 2. The fraction of sp³-hybridized carbons (Fsp3) is 0.0526. The van der Waals surface area contributed by atoms with Gasteiger partial charge in [0, 0.05) is 0 Å². The Balaban J connectivity index is 1.78. The summed E-state index contributed by atoms with van der Waals surface area (Å²) in [5.74, 6) is -1.25. The number of hydrogen-bond acceptors (Lipinski definition) is 3. The van der Waals surface area contributed by atoms with Crippen molar-refractivity contribution < 1.29 is 18.4 Å². The molecule has 8 heteroatoms. The average molecular weight is 407 g/mol. The number of para-hydroxylation sites is 1. The Morgan fingerprint density at radius 2 is 1.74 bits per heavy atom. The van der Waals surface area contributed by atoms with E-state index < -0.39 is 17.6 Å². The maximum atomic E-state index is 13.7. The van der Waals surface area contributed by atoms with Crippen LogP contribution in [0.2, 0.25) is 10.0 Å². The molecule has 1 heterocycles. The van der Waals surface area contributed by atoms with Gasteiger partial charge >= 0.3 is 0 Å². The highest BCUT2D eigenvalue weighted by Gasteiger charge is 2.18. The van der Waals surface area contributed by atoms with Gasteiger partial charge in [-0.05, 0) is 36.4 Å². The zero-order chi connectivity index (χ0) is 19.4. The second-order valence-corrected chi connectivity index (χ2v) is 6.32. The van der Waals surface area contributed by atoms with Crippen LogP contribution in [-0.4, -0.2) is 11.8 Å². The number of furan rings is 1. The minimum absolute atomic E-state index is 0.00125. The molecular formula is C19H13Cl2FN2O3. The molecule has 0 fully saturated rings. The number of anilines is 1. The molecule has 0 atom stereocenters. The number of amides is 2. The number of carbonyl (C=O) groups excluding carboxylic acids is 2. The first-order valence-corrected chi connectivity index (χ1v) is 8.57. The molecule has 2 aromatic carbocycles. The fourth-order valence-electron chi connectivity index (χ4n) is 2.35. The van der Waals surface area contributed by atoms with Crippen molar-refractivity contribution in [1.29, 1.82) is 0 Å². The smallest absolute Gasteiger partial charge is 0.257 e. The van der Waals surface area contributed by atoms with E-state index in [1.54, 1.807) is 36.4 Å². The number of rotatable bonds is 5. The highest BCUT2D eigenvalue weighted by Crippen LogP contribution is 2.25. The molecule has 27 heavy (non-hydrogen) atoms. The van der Waals surface area contributed by atoms with Crippen molar-refractivity contribution in [2.75, 3.05) is 5.32 Å². The van der Waals surface area contributed by atoms with E-state index in [2.05, 4.69) is 10.6 Å². The molecule has 5 nitrogen and oxygen atoms in total. The van der Waals surface area contributed by atoms with Gasteiger partial charge in [-0.2, -0.15) is 0 Å². The van der Waals surface area contributed by atoms with E-state index in [4.69, 9.17) is 27.6 Å². The summed E-state index contributed by atoms with van der Waals surface area (Å²) in [4.78, 5) is 24.9. The Kier molecular flexibility index (Phi) is 5.78. The largest absolute Gasteiger partial charge is 0.467 e. The van der Waals surface area contributed by atoms with E-state index in [-0.39, 0.29) is 33.4 Å². The van der Waals surface area contributed by atoms with Crippen LogP contribution in [0.4, 0.5) is 10.1 Å². The van der Waals surface area contributed by atoms with E-state index in [1.165, 1.54) is 6.26 Å². The standard InChI is InChI=1S/C19H13Cl2FN2O3/c20-14-9-15(21)16(22)8-13(14)19(26)24-17-6-2-1-5-12(17)18(25)23-10-11-4-3-7-27-11/h1-9H,10H2,(H,23,25)(H,24,26). The summed E-state index contributed by atoms with van der Waals surface area (Å²) in [6.07, 6.45) is 1.50. The molecule has 0 aliphatic carbocycles. The van der Waals surface area contributed by atoms with Crippen LogP contribution in [0.3, 0.4) is 0 Å². The first kappa shape index (κ1) is 18.9. The van der Waals surface area contributed by atoms with Crippen LogP contribution in [0.25, 0.3) is 0 Å². The summed E-state index contributed by atoms with van der Waals surface area (Å²) in [5.41, 5.74) is 0.401. The fourth-order valence-corrected chi connectivity index (χ4v) is 2.82. The summed E-state index contributed by atoms with van der Waals surface area (Å²) in [6, 6.07) is 12.0. The third kappa shape index (κ3) is 4.48. The lowest BCUT2D eigenvalue weighted by Crippen LogP contribution is -2.24. The summed E-state index contributed by atoms with van der Waals surface area (Å²) in [6.45, 7) is 0.197. The van der Waals surface area contributed by atoms with Crippen molar-refractivity contribution in [3.8, 4) is 0 Å². The molecular weight excluding hydrogens is 394 g/mol. The maximum Gasteiger partial charge on any atom is 0.257 e. The molecule has 0 aliphatic heterocycles. The molecule has 0 radical (unpaired) electrons. The Morgan fingerprint density at radius 3 is 2.48 bits per heavy atom. The lowest BCUT2D eigenvalue weighted by Gasteiger charge is -2.12. The second kappa shape index (κ2) is 8.24. The molecule has 0 saturated heterocycles. The van der Waals surface area contributed by atoms with Gasteiger partial charge in [0.15, 0.2) is 0 Å². The lowest BCUT2D eigenvalue weighted by molar-refractivity contribution is 0.0949. The summed E-state index contributed by atoms with van der Waals surface area (Å²) in [7, 11) is 0. The van der Waals surface area contributed by atoms with Gasteiger partial charge in [0.2, 0.25) is 0 Å². The molecule has 0 saturated carbocycles. The number of benzene rings is 2. The molecule has 0 spiro atoms. The second-order valence-electron chi connectivity index (χ2n) is 5.51. The van der Waals surface area contributed by atoms with Crippen LogP contribution in [0.15, 0.2) is 59.2 Å². The Morgan fingerprint density at radius 1 is 0.963 bits per heavy atom. The van der Waals surface area contributed by atoms with Crippen molar-refractivity contribution in [1.82, 2.24) is 5.32 Å². The molecule has 1 aromatic heterocycles. The molecule has 2 N–H and O–H groups in total. The third-order valence-corrected chi connectivity index (χ3v) is 4.28. The van der Waals surface area contributed by atoms with Gasteiger partial charge in [-0.1, -0.05) is 35.3 Å². The lowest BCUT2D eigenvalue weighted by atomic mass is 10.1. The van der Waals surface area contributed by atoms with E-state index >= 15 is 0 Å². The van der Waals surface area contributed by atoms with Crippen molar-refractivity contribution in [3.63, 3.8) is 0 Å². The number of carbonyl (C=O) groups is 2. The van der Waals surface area contributed by atoms with E-state index in [1.807, 2.05) is 0 Å². The van der Waals surface area contributed by atoms with Crippen LogP contribution in [0.5, 0.6) is 0 Å². The Bertz CT molecular complexity index is 991. The van der Waals surface area contributed by atoms with Crippen molar-refractivity contribution >= 4 is 40.7 Å². The SMILES string of the molecule is O=C(Nc1ccccc1C(=O)NCc1ccco1)c1cc(F)c(Cl)cc1Cl. The highest BCUT2D eigenvalue weighted by molar-refractivity contribution is 6.37. The minimum Gasteiger partial charge on any atom is -0.467 e. The quantitative estimate of drug-likeness (QED) is 0.591. The van der Waals surface area contributed by atoms with Crippen LogP contribution in [-0.2, 0) is 6.54 Å². The first-order chi connectivity index (χ1) is 13.0. The molecule has 3 aromatic rings. The van der Waals surface area contributed by atoms with Crippen LogP contribution in [0, 0.1) is 5.82 Å². The van der Waals surface area contributed by atoms with Gasteiger partial charge < -0.3 is 15.1 Å². The monoisotopic (exact) mass is 406 g/mol. The van der Waals surface area contributed by atoms with Crippen LogP contribution >= 0.6 is 23.2 Å². The first-order valence-electron chi connectivity index (χ1n) is 7.81. The topological polar surface area (TPSA) is 71.3 Å². The Labute approximate surface area is 164 Å². The van der Waals surface area contributed by atoms with E-state index in [0.717, 1.165) is 12.1 Å². The van der Waals surface area contributed by atoms with Gasteiger partial charge in [-0.3, -0.25) is 9.59 Å². The van der Waals surface area contributed by atoms with Gasteiger partial charge in [-0.25, -0.2) is 4.39 Å². The molecule has 0 unspecified atom stereocenters. The Hall–Kier alpha value is -2.83. The van der Waals surface area contributed by atoms with Crippen molar-refractivity contribution in [3.05, 3.63) is 87.5 Å². The predicted octanol–water partition coefficient (Wildman–Crippen LogP) is 4.91. The van der Waals surface area contributed by atoms with Crippen molar-refractivity contribution in [2.24, 2.45) is 0 Å². The zero-order valence-electron chi connectivity index (χ0n) is 13.8. The molecule has 138 valence electrons. The highest BCUT2D eigenvalue weighted by atomic mass is 35.5. The summed E-state index contributed by atoms with van der Waals surface area (Å²) >= 11 is 11.6. The molecule has 0 aliphatic rings. The van der Waals surface area contributed by atoms with Crippen LogP contribution in [0.1, 0.15) is 26.5 Å². The van der Waals surface area contributed by atoms with Crippen LogP contribution < -0.4 is 10.6 Å². The van der Waals surface area contributed by atoms with Gasteiger partial charge in [0.05, 0.1) is 39.7 Å². The predicted molar refractivity (Wildman–Crippen MR) is 101 cm³/mol.